The second kappa shape index (κ2) is 6.20. The van der Waals surface area contributed by atoms with Crippen LogP contribution in [-0.2, 0) is 0 Å². The highest BCUT2D eigenvalue weighted by molar-refractivity contribution is 9.10. The van der Waals surface area contributed by atoms with Crippen molar-refractivity contribution >= 4 is 27.5 Å². The van der Waals surface area contributed by atoms with Gasteiger partial charge in [-0.3, -0.25) is 4.79 Å². The molecule has 5 N–H and O–H groups in total. The maximum absolute atomic E-state index is 11.4. The molecule has 0 saturated carbocycles. The molecule has 100 valence electrons. The summed E-state index contributed by atoms with van der Waals surface area (Å²) in [5, 5.41) is 3.22. The number of hydrogen-bond acceptors (Lipinski definition) is 3. The van der Waals surface area contributed by atoms with Gasteiger partial charge in [0, 0.05) is 22.2 Å². The lowest BCUT2D eigenvalue weighted by Crippen LogP contribution is -2.45. The van der Waals surface area contributed by atoms with Gasteiger partial charge in [-0.15, -0.1) is 0 Å². The number of hydrogen-bond donors (Lipinski definition) is 3. The maximum Gasteiger partial charge on any atom is 0.251 e. The standard InChI is InChI=1S/C13H20BrN3O/c1-3-13(16,4-2)8-17-10-7-5-6-9(14)11(10)12(15)18/h5-7,17H,3-4,8,16H2,1-2H3,(H2,15,18). The van der Waals surface area contributed by atoms with Crippen LogP contribution in [0.15, 0.2) is 22.7 Å². The normalized spacial score (nSPS) is 11.3. The number of carbonyl (C=O) groups excluding carboxylic acids is 1. The quantitative estimate of drug-likeness (QED) is 0.754. The van der Waals surface area contributed by atoms with Crippen LogP contribution < -0.4 is 16.8 Å². The van der Waals surface area contributed by atoms with Gasteiger partial charge in [0.25, 0.3) is 5.91 Å². The summed E-state index contributed by atoms with van der Waals surface area (Å²) in [6.45, 7) is 4.72. The summed E-state index contributed by atoms with van der Waals surface area (Å²) in [4.78, 5) is 11.4. The highest BCUT2D eigenvalue weighted by Gasteiger charge is 2.21. The van der Waals surface area contributed by atoms with E-state index in [-0.39, 0.29) is 5.54 Å². The van der Waals surface area contributed by atoms with E-state index in [2.05, 4.69) is 35.1 Å². The van der Waals surface area contributed by atoms with E-state index in [1.807, 2.05) is 12.1 Å². The van der Waals surface area contributed by atoms with Gasteiger partial charge in [-0.1, -0.05) is 19.9 Å². The van der Waals surface area contributed by atoms with Gasteiger partial charge in [0.1, 0.15) is 0 Å². The average Bonchev–Trinajstić information content (AvgIpc) is 2.35. The highest BCUT2D eigenvalue weighted by Crippen LogP contribution is 2.25. The van der Waals surface area contributed by atoms with Crippen molar-refractivity contribution in [2.24, 2.45) is 11.5 Å². The van der Waals surface area contributed by atoms with Crippen LogP contribution in [0.5, 0.6) is 0 Å². The molecule has 0 fully saturated rings. The van der Waals surface area contributed by atoms with Crippen molar-refractivity contribution in [2.45, 2.75) is 32.2 Å². The minimum Gasteiger partial charge on any atom is -0.383 e. The van der Waals surface area contributed by atoms with Crippen molar-refractivity contribution in [3.05, 3.63) is 28.2 Å². The number of carbonyl (C=O) groups is 1. The average molecular weight is 314 g/mol. The van der Waals surface area contributed by atoms with Crippen LogP contribution in [0.4, 0.5) is 5.69 Å². The molecule has 0 atom stereocenters. The maximum atomic E-state index is 11.4. The van der Waals surface area contributed by atoms with Gasteiger partial charge in [-0.05, 0) is 40.9 Å². The molecule has 0 aliphatic carbocycles. The first-order valence-electron chi connectivity index (χ1n) is 6.04. The molecule has 0 aliphatic heterocycles. The SMILES string of the molecule is CCC(N)(CC)CNc1cccc(Br)c1C(N)=O. The first-order valence-corrected chi connectivity index (χ1v) is 6.84. The highest BCUT2D eigenvalue weighted by atomic mass is 79.9. The molecule has 18 heavy (non-hydrogen) atoms. The molecule has 5 heteroatoms. The van der Waals surface area contributed by atoms with Crippen LogP contribution >= 0.6 is 15.9 Å². The van der Waals surface area contributed by atoms with E-state index in [1.54, 1.807) is 6.07 Å². The third-order valence-electron chi connectivity index (χ3n) is 3.30. The molecule has 0 bridgehead atoms. The van der Waals surface area contributed by atoms with Crippen LogP contribution in [0.2, 0.25) is 0 Å². The minimum absolute atomic E-state index is 0.267. The van der Waals surface area contributed by atoms with Crippen LogP contribution in [0.3, 0.4) is 0 Å². The molecule has 1 rings (SSSR count). The largest absolute Gasteiger partial charge is 0.383 e. The molecule has 0 spiro atoms. The fraction of sp³-hybridized carbons (Fsp3) is 0.462. The Kier molecular flexibility index (Phi) is 5.16. The summed E-state index contributed by atoms with van der Waals surface area (Å²) in [6, 6.07) is 5.48. The van der Waals surface area contributed by atoms with Crippen LogP contribution in [0, 0.1) is 0 Å². The first-order chi connectivity index (χ1) is 8.43. The van der Waals surface area contributed by atoms with E-state index in [4.69, 9.17) is 11.5 Å². The Morgan fingerprint density at radius 2 is 2.00 bits per heavy atom. The Bertz CT molecular complexity index is 430. The Hall–Kier alpha value is -1.07. The van der Waals surface area contributed by atoms with Crippen molar-refractivity contribution in [3.63, 3.8) is 0 Å². The summed E-state index contributed by atoms with van der Waals surface area (Å²) >= 11 is 3.33. The molecule has 0 unspecified atom stereocenters. The van der Waals surface area contributed by atoms with Gasteiger partial charge in [-0.2, -0.15) is 0 Å². The number of rotatable bonds is 6. The van der Waals surface area contributed by atoms with E-state index >= 15 is 0 Å². The van der Waals surface area contributed by atoms with Crippen LogP contribution in [0.1, 0.15) is 37.0 Å². The number of benzene rings is 1. The lowest BCUT2D eigenvalue weighted by Gasteiger charge is -2.28. The Balaban J connectivity index is 2.92. The molecule has 0 saturated heterocycles. The topological polar surface area (TPSA) is 81.1 Å². The van der Waals surface area contributed by atoms with Crippen molar-refractivity contribution in [1.29, 1.82) is 0 Å². The molecule has 1 amide bonds. The molecule has 0 aromatic heterocycles. The molecular formula is C13H20BrN3O. The van der Waals surface area contributed by atoms with E-state index in [1.165, 1.54) is 0 Å². The summed E-state index contributed by atoms with van der Waals surface area (Å²) < 4.78 is 0.690. The Labute approximate surface area is 116 Å². The molecule has 4 nitrogen and oxygen atoms in total. The van der Waals surface area contributed by atoms with Gasteiger partial charge in [-0.25, -0.2) is 0 Å². The van der Waals surface area contributed by atoms with E-state index in [0.29, 0.717) is 22.3 Å². The Morgan fingerprint density at radius 3 is 2.50 bits per heavy atom. The lowest BCUT2D eigenvalue weighted by molar-refractivity contribution is 0.100. The Morgan fingerprint density at radius 1 is 1.39 bits per heavy atom. The molecule has 1 aromatic rings. The zero-order valence-corrected chi connectivity index (χ0v) is 12.4. The van der Waals surface area contributed by atoms with Crippen molar-refractivity contribution in [3.8, 4) is 0 Å². The molecule has 0 heterocycles. The number of amides is 1. The summed E-state index contributed by atoms with van der Waals surface area (Å²) in [6.07, 6.45) is 1.74. The number of primary amides is 1. The third kappa shape index (κ3) is 3.46. The van der Waals surface area contributed by atoms with Gasteiger partial charge >= 0.3 is 0 Å². The van der Waals surface area contributed by atoms with Gasteiger partial charge in [0.15, 0.2) is 0 Å². The zero-order valence-electron chi connectivity index (χ0n) is 10.8. The van der Waals surface area contributed by atoms with Crippen molar-refractivity contribution in [1.82, 2.24) is 0 Å². The molecule has 0 aliphatic rings. The number of nitrogens with one attached hydrogen (secondary N) is 1. The first kappa shape index (κ1) is 15.0. The molecule has 1 aromatic carbocycles. The van der Waals surface area contributed by atoms with Gasteiger partial charge in [0.2, 0.25) is 0 Å². The molecular weight excluding hydrogens is 294 g/mol. The fourth-order valence-electron chi connectivity index (χ4n) is 1.69. The van der Waals surface area contributed by atoms with Gasteiger partial charge in [0.05, 0.1) is 5.56 Å². The summed E-state index contributed by atoms with van der Waals surface area (Å²) in [7, 11) is 0. The van der Waals surface area contributed by atoms with E-state index in [9.17, 15) is 4.79 Å². The predicted octanol–water partition coefficient (Wildman–Crippen LogP) is 2.48. The van der Waals surface area contributed by atoms with E-state index < -0.39 is 5.91 Å². The fourth-order valence-corrected chi connectivity index (χ4v) is 2.25. The number of anilines is 1. The minimum atomic E-state index is -0.458. The molecule has 0 radical (unpaired) electrons. The second-order valence-corrected chi connectivity index (χ2v) is 5.30. The van der Waals surface area contributed by atoms with Crippen LogP contribution in [-0.4, -0.2) is 18.0 Å². The van der Waals surface area contributed by atoms with Gasteiger partial charge < -0.3 is 16.8 Å². The van der Waals surface area contributed by atoms with Crippen molar-refractivity contribution in [2.75, 3.05) is 11.9 Å². The number of nitrogens with two attached hydrogens (primary N) is 2. The van der Waals surface area contributed by atoms with E-state index in [0.717, 1.165) is 12.8 Å². The number of halogens is 1. The second-order valence-electron chi connectivity index (χ2n) is 4.45. The summed E-state index contributed by atoms with van der Waals surface area (Å²) in [5.74, 6) is -0.458. The zero-order chi connectivity index (χ0) is 13.8. The lowest BCUT2D eigenvalue weighted by atomic mass is 9.94. The summed E-state index contributed by atoms with van der Waals surface area (Å²) in [5.41, 5.74) is 12.5. The van der Waals surface area contributed by atoms with Crippen molar-refractivity contribution < 1.29 is 4.79 Å². The van der Waals surface area contributed by atoms with Crippen LogP contribution in [0.25, 0.3) is 0 Å². The predicted molar refractivity (Wildman–Crippen MR) is 78.7 cm³/mol. The monoisotopic (exact) mass is 313 g/mol. The third-order valence-corrected chi connectivity index (χ3v) is 3.96. The smallest absolute Gasteiger partial charge is 0.251 e.